The maximum Gasteiger partial charge on any atom is 0.227 e. The van der Waals surface area contributed by atoms with Gasteiger partial charge in [-0.05, 0) is 49.9 Å². The van der Waals surface area contributed by atoms with E-state index in [1.807, 2.05) is 6.20 Å². The second-order valence-electron chi connectivity index (χ2n) is 8.10. The van der Waals surface area contributed by atoms with Crippen LogP contribution >= 0.6 is 15.9 Å². The van der Waals surface area contributed by atoms with Crippen LogP contribution in [0.2, 0.25) is 0 Å². The molecule has 27 heavy (non-hydrogen) atoms. The molecule has 1 aromatic heterocycles. The summed E-state index contributed by atoms with van der Waals surface area (Å²) in [5.41, 5.74) is 1.42. The molecule has 1 saturated carbocycles. The van der Waals surface area contributed by atoms with Crippen molar-refractivity contribution in [3.63, 3.8) is 0 Å². The third-order valence-electron chi connectivity index (χ3n) is 6.28. The maximum atomic E-state index is 4.96. The number of aromatic nitrogens is 2. The van der Waals surface area contributed by atoms with Crippen LogP contribution in [0.25, 0.3) is 0 Å². The van der Waals surface area contributed by atoms with Crippen molar-refractivity contribution in [3.05, 3.63) is 46.6 Å². The van der Waals surface area contributed by atoms with E-state index < -0.39 is 0 Å². The maximum absolute atomic E-state index is 4.96. The summed E-state index contributed by atoms with van der Waals surface area (Å²) in [4.78, 5) is 14.3. The molecular formula is C22H29BrN4. The number of hydrogen-bond donors (Lipinski definition) is 0. The van der Waals surface area contributed by atoms with Crippen LogP contribution < -0.4 is 9.80 Å². The molecule has 2 aromatic rings. The highest BCUT2D eigenvalue weighted by atomic mass is 79.9. The lowest BCUT2D eigenvalue weighted by molar-refractivity contribution is 0.424. The van der Waals surface area contributed by atoms with Crippen molar-refractivity contribution in [2.24, 2.45) is 0 Å². The number of rotatable bonds is 4. The number of nitrogens with zero attached hydrogens (tertiary/aromatic N) is 4. The minimum atomic E-state index is 0.487. The summed E-state index contributed by atoms with van der Waals surface area (Å²) in [6.07, 6.45) is 9.63. The van der Waals surface area contributed by atoms with E-state index in [4.69, 9.17) is 4.98 Å². The zero-order valence-corrected chi connectivity index (χ0v) is 17.9. The van der Waals surface area contributed by atoms with Gasteiger partial charge in [0.05, 0.1) is 0 Å². The molecule has 1 aromatic carbocycles. The van der Waals surface area contributed by atoms with Crippen molar-refractivity contribution in [2.75, 3.05) is 23.4 Å². The summed E-state index contributed by atoms with van der Waals surface area (Å²) < 4.78 is 1.14. The zero-order chi connectivity index (χ0) is 18.8. The number of anilines is 2. The Kier molecular flexibility index (Phi) is 5.67. The van der Waals surface area contributed by atoms with Gasteiger partial charge in [-0.3, -0.25) is 0 Å². The standard InChI is InChI=1S/C22H29BrN4/c1-16-14-18(17-8-10-19(23)11-9-17)15-27(16)21-12-13-24-22(25-21)26(2)20-6-4-3-5-7-20/h8-13,16,18,20H,3-7,14-15H2,1-2H3. The topological polar surface area (TPSA) is 32.3 Å². The van der Waals surface area contributed by atoms with Crippen molar-refractivity contribution in [1.82, 2.24) is 9.97 Å². The van der Waals surface area contributed by atoms with Gasteiger partial charge in [0.25, 0.3) is 0 Å². The van der Waals surface area contributed by atoms with E-state index in [0.29, 0.717) is 18.0 Å². The van der Waals surface area contributed by atoms with E-state index in [9.17, 15) is 0 Å². The molecular weight excluding hydrogens is 400 g/mol. The highest BCUT2D eigenvalue weighted by Crippen LogP contribution is 2.35. The second-order valence-corrected chi connectivity index (χ2v) is 9.02. The molecule has 1 aliphatic heterocycles. The number of hydrogen-bond acceptors (Lipinski definition) is 4. The molecule has 2 atom stereocenters. The van der Waals surface area contributed by atoms with E-state index in [1.54, 1.807) is 0 Å². The van der Waals surface area contributed by atoms with Gasteiger partial charge < -0.3 is 9.80 Å². The first-order valence-electron chi connectivity index (χ1n) is 10.2. The van der Waals surface area contributed by atoms with E-state index in [0.717, 1.165) is 22.8 Å². The Morgan fingerprint density at radius 1 is 1.07 bits per heavy atom. The molecule has 0 bridgehead atoms. The quantitative estimate of drug-likeness (QED) is 0.652. The molecule has 0 radical (unpaired) electrons. The Balaban J connectivity index is 1.50. The molecule has 2 aliphatic rings. The van der Waals surface area contributed by atoms with Crippen LogP contribution in [0, 0.1) is 0 Å². The Labute approximate surface area is 171 Å². The second kappa shape index (κ2) is 8.17. The molecule has 0 spiro atoms. The molecule has 2 unspecified atom stereocenters. The molecule has 2 heterocycles. The molecule has 0 N–H and O–H groups in total. The average molecular weight is 429 g/mol. The minimum absolute atomic E-state index is 0.487. The molecule has 144 valence electrons. The van der Waals surface area contributed by atoms with Gasteiger partial charge in [-0.15, -0.1) is 0 Å². The van der Waals surface area contributed by atoms with Crippen LogP contribution in [0.4, 0.5) is 11.8 Å². The first kappa shape index (κ1) is 18.7. The molecule has 2 fully saturated rings. The average Bonchev–Trinajstić information content (AvgIpc) is 3.10. The van der Waals surface area contributed by atoms with Crippen molar-refractivity contribution in [1.29, 1.82) is 0 Å². The summed E-state index contributed by atoms with van der Waals surface area (Å²) in [5, 5.41) is 0. The summed E-state index contributed by atoms with van der Waals surface area (Å²) in [5.74, 6) is 2.50. The zero-order valence-electron chi connectivity index (χ0n) is 16.3. The predicted octanol–water partition coefficient (Wildman–Crippen LogP) is 5.39. The lowest BCUT2D eigenvalue weighted by Gasteiger charge is -2.32. The van der Waals surface area contributed by atoms with E-state index in [1.165, 1.54) is 44.1 Å². The fraction of sp³-hybridized carbons (Fsp3) is 0.545. The van der Waals surface area contributed by atoms with E-state index in [-0.39, 0.29) is 0 Å². The Morgan fingerprint density at radius 3 is 2.56 bits per heavy atom. The van der Waals surface area contributed by atoms with E-state index in [2.05, 4.69) is 75.0 Å². The summed E-state index contributed by atoms with van der Waals surface area (Å²) in [6, 6.07) is 11.9. The first-order valence-corrected chi connectivity index (χ1v) is 11.0. The van der Waals surface area contributed by atoms with Crippen molar-refractivity contribution in [3.8, 4) is 0 Å². The third-order valence-corrected chi connectivity index (χ3v) is 6.81. The van der Waals surface area contributed by atoms with Crippen molar-refractivity contribution >= 4 is 27.7 Å². The molecule has 0 amide bonds. The fourth-order valence-corrected chi connectivity index (χ4v) is 4.89. The molecule has 1 saturated heterocycles. The van der Waals surface area contributed by atoms with Crippen molar-refractivity contribution in [2.45, 2.75) is 63.5 Å². The van der Waals surface area contributed by atoms with Gasteiger partial charge in [0, 0.05) is 42.3 Å². The molecule has 4 nitrogen and oxygen atoms in total. The fourth-order valence-electron chi connectivity index (χ4n) is 4.63. The van der Waals surface area contributed by atoms with Crippen molar-refractivity contribution < 1.29 is 0 Å². The largest absolute Gasteiger partial charge is 0.353 e. The summed E-state index contributed by atoms with van der Waals surface area (Å²) >= 11 is 3.54. The summed E-state index contributed by atoms with van der Waals surface area (Å²) in [7, 11) is 2.16. The smallest absolute Gasteiger partial charge is 0.227 e. The van der Waals surface area contributed by atoms with Crippen LogP contribution in [0.3, 0.4) is 0 Å². The van der Waals surface area contributed by atoms with Gasteiger partial charge in [0.1, 0.15) is 5.82 Å². The molecule has 1 aliphatic carbocycles. The van der Waals surface area contributed by atoms with Crippen LogP contribution in [0.5, 0.6) is 0 Å². The highest BCUT2D eigenvalue weighted by molar-refractivity contribution is 9.10. The first-order chi connectivity index (χ1) is 13.1. The monoisotopic (exact) mass is 428 g/mol. The van der Waals surface area contributed by atoms with Gasteiger partial charge in [0.2, 0.25) is 5.95 Å². The Hall–Kier alpha value is -1.62. The normalized spacial score (nSPS) is 23.6. The SMILES string of the molecule is CC1CC(c2ccc(Br)cc2)CN1c1ccnc(N(C)C2CCCCC2)n1. The molecule has 4 rings (SSSR count). The minimum Gasteiger partial charge on any atom is -0.353 e. The van der Waals surface area contributed by atoms with Gasteiger partial charge in [-0.25, -0.2) is 4.98 Å². The Bertz CT molecular complexity index is 757. The number of benzene rings is 1. The van der Waals surface area contributed by atoms with Crippen LogP contribution in [0.15, 0.2) is 41.0 Å². The number of halogens is 1. The van der Waals surface area contributed by atoms with Crippen LogP contribution in [-0.2, 0) is 0 Å². The summed E-state index contributed by atoms with van der Waals surface area (Å²) in [6.45, 7) is 3.33. The van der Waals surface area contributed by atoms with Gasteiger partial charge in [-0.2, -0.15) is 4.98 Å². The third kappa shape index (κ3) is 4.13. The van der Waals surface area contributed by atoms with E-state index >= 15 is 0 Å². The Morgan fingerprint density at radius 2 is 1.81 bits per heavy atom. The van der Waals surface area contributed by atoms with Gasteiger partial charge in [0.15, 0.2) is 0 Å². The lowest BCUT2D eigenvalue weighted by Crippen LogP contribution is -2.35. The van der Waals surface area contributed by atoms with Gasteiger partial charge >= 0.3 is 0 Å². The van der Waals surface area contributed by atoms with Crippen LogP contribution in [0.1, 0.15) is 56.9 Å². The predicted molar refractivity (Wildman–Crippen MR) is 116 cm³/mol. The lowest BCUT2D eigenvalue weighted by atomic mass is 9.95. The molecule has 5 heteroatoms. The van der Waals surface area contributed by atoms with Gasteiger partial charge in [-0.1, -0.05) is 47.3 Å². The highest BCUT2D eigenvalue weighted by Gasteiger charge is 2.31. The van der Waals surface area contributed by atoms with Crippen LogP contribution in [-0.4, -0.2) is 35.6 Å².